The third kappa shape index (κ3) is 12.5. The number of unbranched alkanes of at least 4 members (excludes halogenated alkanes) is 3. The van der Waals surface area contributed by atoms with Gasteiger partial charge in [0.1, 0.15) is 19.0 Å². The highest BCUT2D eigenvalue weighted by molar-refractivity contribution is 6.17. The van der Waals surface area contributed by atoms with E-state index in [4.69, 9.17) is 30.5 Å². The fourth-order valence-electron chi connectivity index (χ4n) is 2.05. The molecule has 11 heteroatoms. The summed E-state index contributed by atoms with van der Waals surface area (Å²) >= 11 is 5.59. The highest BCUT2D eigenvalue weighted by Crippen LogP contribution is 2.17. The molecule has 1 rings (SSSR count). The van der Waals surface area contributed by atoms with Crippen LogP contribution in [0, 0.1) is 10.1 Å². The number of carbonyl (C=O) groups excluding carboxylic acids is 2. The van der Waals surface area contributed by atoms with Crippen LogP contribution < -0.4 is 10.1 Å². The lowest BCUT2D eigenvalue weighted by atomic mass is 10.2. The van der Waals surface area contributed by atoms with Crippen molar-refractivity contribution in [2.24, 2.45) is 0 Å². The third-order valence-corrected chi connectivity index (χ3v) is 3.74. The maximum Gasteiger partial charge on any atom is 0.513 e. The van der Waals surface area contributed by atoms with Gasteiger partial charge >= 0.3 is 12.2 Å². The van der Waals surface area contributed by atoms with Crippen molar-refractivity contribution in [3.63, 3.8) is 0 Å². The van der Waals surface area contributed by atoms with Gasteiger partial charge in [-0.2, -0.15) is 0 Å². The Labute approximate surface area is 173 Å². The number of halogens is 1. The van der Waals surface area contributed by atoms with Crippen molar-refractivity contribution in [1.29, 1.82) is 0 Å². The van der Waals surface area contributed by atoms with E-state index in [1.165, 1.54) is 24.3 Å². The lowest BCUT2D eigenvalue weighted by Crippen LogP contribution is -2.29. The summed E-state index contributed by atoms with van der Waals surface area (Å²) in [7, 11) is 0. The number of nitrogens with one attached hydrogen (secondary N) is 1. The second kappa shape index (κ2) is 15.3. The lowest BCUT2D eigenvalue weighted by Gasteiger charge is -2.08. The topological polar surface area (TPSA) is 126 Å². The van der Waals surface area contributed by atoms with Crippen LogP contribution in [0.1, 0.15) is 25.7 Å². The number of nitro groups is 1. The highest BCUT2D eigenvalue weighted by atomic mass is 35.5. The Balaban J connectivity index is 2.00. The predicted molar refractivity (Wildman–Crippen MR) is 104 cm³/mol. The number of non-ortho nitro benzene ring substituents is 1. The molecule has 0 heterocycles. The lowest BCUT2D eigenvalue weighted by molar-refractivity contribution is -0.384. The first-order valence-corrected chi connectivity index (χ1v) is 9.69. The van der Waals surface area contributed by atoms with Crippen LogP contribution in [0.2, 0.25) is 0 Å². The number of carbonyl (C=O) groups is 2. The van der Waals surface area contributed by atoms with E-state index >= 15 is 0 Å². The van der Waals surface area contributed by atoms with E-state index in [1.807, 2.05) is 0 Å². The Bertz CT molecular complexity index is 627. The molecule has 0 unspecified atom stereocenters. The van der Waals surface area contributed by atoms with Crippen LogP contribution in [0.25, 0.3) is 0 Å². The number of alkyl halides is 1. The zero-order valence-electron chi connectivity index (χ0n) is 16.0. The molecule has 0 saturated carbocycles. The van der Waals surface area contributed by atoms with Crippen LogP contribution in [0.5, 0.6) is 5.75 Å². The minimum absolute atomic E-state index is 0.0957. The Morgan fingerprint density at radius 1 is 0.966 bits per heavy atom. The Kier molecular flexibility index (Phi) is 12.9. The van der Waals surface area contributed by atoms with Crippen LogP contribution in [-0.2, 0) is 14.2 Å². The van der Waals surface area contributed by atoms with Gasteiger partial charge in [-0.05, 0) is 25.0 Å². The summed E-state index contributed by atoms with van der Waals surface area (Å²) in [6.07, 6.45) is 2.45. The third-order valence-electron chi connectivity index (χ3n) is 3.47. The summed E-state index contributed by atoms with van der Waals surface area (Å²) in [4.78, 5) is 32.9. The second-order valence-electron chi connectivity index (χ2n) is 5.73. The number of alkyl carbamates (subject to hydrolysis) is 1. The molecular formula is C18H25ClN2O8. The fourth-order valence-corrected chi connectivity index (χ4v) is 2.24. The van der Waals surface area contributed by atoms with Crippen LogP contribution >= 0.6 is 11.6 Å². The molecule has 0 bridgehead atoms. The number of amides is 1. The average molecular weight is 433 g/mol. The molecule has 0 aliphatic heterocycles. The zero-order chi connectivity index (χ0) is 21.3. The molecule has 0 aromatic heterocycles. The van der Waals surface area contributed by atoms with Gasteiger partial charge in [0.25, 0.3) is 5.69 Å². The van der Waals surface area contributed by atoms with Gasteiger partial charge in [-0.25, -0.2) is 9.59 Å². The molecular weight excluding hydrogens is 408 g/mol. The van der Waals surface area contributed by atoms with Crippen molar-refractivity contribution in [3.8, 4) is 5.75 Å². The molecule has 0 aliphatic rings. The van der Waals surface area contributed by atoms with E-state index in [-0.39, 0.29) is 24.7 Å². The van der Waals surface area contributed by atoms with Gasteiger partial charge in [-0.15, -0.1) is 11.6 Å². The number of benzene rings is 1. The highest BCUT2D eigenvalue weighted by Gasteiger charge is 2.09. The monoisotopic (exact) mass is 432 g/mol. The molecule has 162 valence electrons. The summed E-state index contributed by atoms with van der Waals surface area (Å²) in [5.41, 5.74) is -0.127. The molecule has 0 spiro atoms. The molecule has 29 heavy (non-hydrogen) atoms. The van der Waals surface area contributed by atoms with E-state index in [0.29, 0.717) is 25.6 Å². The SMILES string of the molecule is O=C(NCCOCCCCCCCl)OCCOC(=O)Oc1ccc([N+](=O)[O-])cc1. The molecule has 1 aromatic rings. The van der Waals surface area contributed by atoms with Gasteiger partial charge in [0, 0.05) is 31.2 Å². The van der Waals surface area contributed by atoms with Crippen molar-refractivity contribution in [2.45, 2.75) is 25.7 Å². The van der Waals surface area contributed by atoms with E-state index in [1.54, 1.807) is 0 Å². The standard InChI is InChI=1S/C18H25ClN2O8/c19-9-3-1-2-4-11-26-12-10-20-17(22)27-13-14-28-18(23)29-16-7-5-15(6-8-16)21(24)25/h5-8H,1-4,9-14H2,(H,20,22). The number of rotatable bonds is 14. The zero-order valence-corrected chi connectivity index (χ0v) is 16.7. The minimum Gasteiger partial charge on any atom is -0.446 e. The Morgan fingerprint density at radius 2 is 1.66 bits per heavy atom. The number of nitro benzene ring substituents is 1. The second-order valence-corrected chi connectivity index (χ2v) is 6.11. The molecule has 0 radical (unpaired) electrons. The number of nitrogens with zero attached hydrogens (tertiary/aromatic N) is 1. The molecule has 0 fully saturated rings. The number of hydrogen-bond donors (Lipinski definition) is 1. The van der Waals surface area contributed by atoms with Crippen molar-refractivity contribution in [3.05, 3.63) is 34.4 Å². The first kappa shape index (κ1) is 24.4. The van der Waals surface area contributed by atoms with Gasteiger partial charge in [-0.1, -0.05) is 12.8 Å². The van der Waals surface area contributed by atoms with Gasteiger partial charge in [-0.3, -0.25) is 10.1 Å². The van der Waals surface area contributed by atoms with Gasteiger partial charge in [0.15, 0.2) is 0 Å². The van der Waals surface area contributed by atoms with Crippen LogP contribution in [0.15, 0.2) is 24.3 Å². The number of ether oxygens (including phenoxy) is 4. The van der Waals surface area contributed by atoms with Crippen LogP contribution in [-0.4, -0.2) is 56.0 Å². The summed E-state index contributed by atoms with van der Waals surface area (Å²) in [5, 5.41) is 13.0. The summed E-state index contributed by atoms with van der Waals surface area (Å²) in [6.45, 7) is 0.969. The maximum absolute atomic E-state index is 11.5. The van der Waals surface area contributed by atoms with E-state index in [9.17, 15) is 19.7 Å². The van der Waals surface area contributed by atoms with Gasteiger partial charge in [0.2, 0.25) is 0 Å². The summed E-state index contributed by atoms with van der Waals surface area (Å²) < 4.78 is 19.8. The molecule has 1 N–H and O–H groups in total. The van der Waals surface area contributed by atoms with Crippen molar-refractivity contribution >= 4 is 29.5 Å². The number of hydrogen-bond acceptors (Lipinski definition) is 8. The molecule has 1 aromatic carbocycles. The van der Waals surface area contributed by atoms with Crippen LogP contribution in [0.4, 0.5) is 15.3 Å². The van der Waals surface area contributed by atoms with Crippen LogP contribution in [0.3, 0.4) is 0 Å². The first-order chi connectivity index (χ1) is 14.0. The first-order valence-electron chi connectivity index (χ1n) is 9.16. The molecule has 0 aliphatic carbocycles. The fraction of sp³-hybridized carbons (Fsp3) is 0.556. The summed E-state index contributed by atoms with van der Waals surface area (Å²) in [6, 6.07) is 4.93. The van der Waals surface area contributed by atoms with Crippen molar-refractivity contribution in [1.82, 2.24) is 5.32 Å². The maximum atomic E-state index is 11.5. The largest absolute Gasteiger partial charge is 0.513 e. The molecule has 0 atom stereocenters. The minimum atomic E-state index is -1.01. The van der Waals surface area contributed by atoms with E-state index < -0.39 is 17.2 Å². The van der Waals surface area contributed by atoms with Crippen molar-refractivity contribution in [2.75, 3.05) is 38.9 Å². The van der Waals surface area contributed by atoms with E-state index in [0.717, 1.165) is 25.7 Å². The Hall–Kier alpha value is -2.59. The predicted octanol–water partition coefficient (Wildman–Crippen LogP) is 3.65. The molecule has 10 nitrogen and oxygen atoms in total. The summed E-state index contributed by atoms with van der Waals surface area (Å²) in [5.74, 6) is 0.775. The Morgan fingerprint density at radius 3 is 2.34 bits per heavy atom. The van der Waals surface area contributed by atoms with Gasteiger partial charge in [0.05, 0.1) is 11.5 Å². The quantitative estimate of drug-likeness (QED) is 0.118. The van der Waals surface area contributed by atoms with Gasteiger partial charge < -0.3 is 24.3 Å². The van der Waals surface area contributed by atoms with Crippen molar-refractivity contribution < 1.29 is 33.5 Å². The average Bonchev–Trinajstić information content (AvgIpc) is 2.70. The van der Waals surface area contributed by atoms with E-state index in [2.05, 4.69) is 5.32 Å². The molecule has 0 saturated heterocycles. The smallest absolute Gasteiger partial charge is 0.446 e. The molecule has 1 amide bonds. The normalized spacial score (nSPS) is 10.2.